The van der Waals surface area contributed by atoms with Gasteiger partial charge in [-0.1, -0.05) is 17.7 Å². The van der Waals surface area contributed by atoms with Crippen molar-refractivity contribution in [2.45, 2.75) is 32.7 Å². The lowest BCUT2D eigenvalue weighted by Gasteiger charge is -2.28. The molecule has 0 saturated heterocycles. The molecule has 1 aromatic rings. The molecule has 2 N–H and O–H groups in total. The molecule has 0 aliphatic carbocycles. The van der Waals surface area contributed by atoms with Crippen LogP contribution >= 0.6 is 0 Å². The number of methoxy groups -OCH3 is 1. The van der Waals surface area contributed by atoms with Gasteiger partial charge in [-0.25, -0.2) is 0 Å². The predicted octanol–water partition coefficient (Wildman–Crippen LogP) is 1.68. The van der Waals surface area contributed by atoms with E-state index in [4.69, 9.17) is 14.6 Å². The van der Waals surface area contributed by atoms with E-state index in [0.29, 0.717) is 5.75 Å². The van der Waals surface area contributed by atoms with Gasteiger partial charge in [0.2, 0.25) is 0 Å². The maximum absolute atomic E-state index is 12.0. The summed E-state index contributed by atoms with van der Waals surface area (Å²) >= 11 is 0. The Morgan fingerprint density at radius 1 is 1.32 bits per heavy atom. The molecule has 1 unspecified atom stereocenters. The second-order valence-electron chi connectivity index (χ2n) is 5.67. The van der Waals surface area contributed by atoms with E-state index in [9.17, 15) is 9.59 Å². The van der Waals surface area contributed by atoms with Crippen LogP contribution in [0.3, 0.4) is 0 Å². The van der Waals surface area contributed by atoms with E-state index in [2.05, 4.69) is 5.32 Å². The molecule has 6 nitrogen and oxygen atoms in total. The highest BCUT2D eigenvalue weighted by molar-refractivity contribution is 5.79. The van der Waals surface area contributed by atoms with Crippen molar-refractivity contribution >= 4 is 11.9 Å². The molecule has 0 spiro atoms. The zero-order valence-electron chi connectivity index (χ0n) is 13.4. The largest absolute Gasteiger partial charge is 0.484 e. The van der Waals surface area contributed by atoms with Crippen molar-refractivity contribution in [1.29, 1.82) is 0 Å². The Morgan fingerprint density at radius 2 is 2.00 bits per heavy atom. The third-order valence-corrected chi connectivity index (χ3v) is 3.13. The fourth-order valence-corrected chi connectivity index (χ4v) is 2.26. The van der Waals surface area contributed by atoms with E-state index < -0.39 is 11.5 Å². The lowest BCUT2D eigenvalue weighted by Crippen LogP contribution is -2.52. The zero-order chi connectivity index (χ0) is 16.8. The Morgan fingerprint density at radius 3 is 2.55 bits per heavy atom. The van der Waals surface area contributed by atoms with Crippen molar-refractivity contribution in [3.8, 4) is 5.75 Å². The first-order chi connectivity index (χ1) is 10.3. The number of rotatable bonds is 8. The third kappa shape index (κ3) is 5.73. The normalized spacial score (nSPS) is 13.3. The molecule has 1 atom stereocenters. The number of amides is 1. The first-order valence-electron chi connectivity index (χ1n) is 6.97. The molecule has 22 heavy (non-hydrogen) atoms. The van der Waals surface area contributed by atoms with E-state index in [1.165, 1.54) is 7.11 Å². The van der Waals surface area contributed by atoms with Crippen molar-refractivity contribution in [2.75, 3.05) is 20.3 Å². The van der Waals surface area contributed by atoms with Crippen LogP contribution < -0.4 is 10.1 Å². The Hall–Kier alpha value is -2.08. The lowest BCUT2D eigenvalue weighted by molar-refractivity contribution is -0.139. The molecule has 0 radical (unpaired) electrons. The topological polar surface area (TPSA) is 84.9 Å². The predicted molar refractivity (Wildman–Crippen MR) is 82.1 cm³/mol. The van der Waals surface area contributed by atoms with Crippen molar-refractivity contribution < 1.29 is 24.2 Å². The van der Waals surface area contributed by atoms with Gasteiger partial charge in [0, 0.05) is 7.11 Å². The number of carbonyl (C=O) groups is 2. The number of benzene rings is 1. The average Bonchev–Trinajstić information content (AvgIpc) is 2.36. The second-order valence-corrected chi connectivity index (χ2v) is 5.67. The van der Waals surface area contributed by atoms with E-state index >= 15 is 0 Å². The monoisotopic (exact) mass is 309 g/mol. The van der Waals surface area contributed by atoms with Gasteiger partial charge in [-0.2, -0.15) is 0 Å². The zero-order valence-corrected chi connectivity index (χ0v) is 13.4. The molecular weight excluding hydrogens is 286 g/mol. The molecule has 0 aliphatic heterocycles. The summed E-state index contributed by atoms with van der Waals surface area (Å²) in [5.74, 6) is -0.761. The number of hydrogen-bond donors (Lipinski definition) is 2. The highest BCUT2D eigenvalue weighted by Gasteiger charge is 2.29. The molecule has 0 fully saturated rings. The molecule has 0 bridgehead atoms. The molecular formula is C16H23NO5. The lowest BCUT2D eigenvalue weighted by atomic mass is 9.99. The number of hydrogen-bond acceptors (Lipinski definition) is 4. The highest BCUT2D eigenvalue weighted by atomic mass is 16.5. The fraction of sp³-hybridized carbons (Fsp3) is 0.500. The molecule has 6 heteroatoms. The number of aliphatic carboxylic acids is 1. The third-order valence-electron chi connectivity index (χ3n) is 3.13. The Balaban J connectivity index is 2.62. The van der Waals surface area contributed by atoms with Crippen LogP contribution in [-0.4, -0.2) is 42.8 Å². The van der Waals surface area contributed by atoms with E-state index in [0.717, 1.165) is 11.1 Å². The minimum Gasteiger partial charge on any atom is -0.484 e. The number of nitrogens with one attached hydrogen (secondary N) is 1. The summed E-state index contributed by atoms with van der Waals surface area (Å²) in [4.78, 5) is 22.9. The number of carboxylic acids is 1. The summed E-state index contributed by atoms with van der Waals surface area (Å²) in [7, 11) is 1.46. The van der Waals surface area contributed by atoms with Crippen LogP contribution in [0.4, 0.5) is 0 Å². The number of ether oxygens (including phenoxy) is 2. The Bertz CT molecular complexity index is 543. The van der Waals surface area contributed by atoms with Gasteiger partial charge in [0.15, 0.2) is 6.61 Å². The van der Waals surface area contributed by atoms with Gasteiger partial charge in [0.05, 0.1) is 18.6 Å². The standard InChI is InChI=1S/C16H23NO5/c1-11-5-6-13(12(2)7-11)22-9-14(18)17-16(3,10-21-4)8-15(19)20/h5-7H,8-10H2,1-4H3,(H,17,18)(H,19,20). The molecule has 0 aromatic heterocycles. The summed E-state index contributed by atoms with van der Waals surface area (Å²) in [6.45, 7) is 5.43. The summed E-state index contributed by atoms with van der Waals surface area (Å²) in [6.07, 6.45) is -0.226. The Labute approximate surface area is 130 Å². The van der Waals surface area contributed by atoms with Crippen LogP contribution in [-0.2, 0) is 14.3 Å². The summed E-state index contributed by atoms with van der Waals surface area (Å²) in [6, 6.07) is 5.68. The SMILES string of the molecule is COCC(C)(CC(=O)O)NC(=O)COc1ccc(C)cc1C. The van der Waals surface area contributed by atoms with Crippen LogP contribution in [0.2, 0.25) is 0 Å². The maximum Gasteiger partial charge on any atom is 0.305 e. The van der Waals surface area contributed by atoms with E-state index in [1.807, 2.05) is 32.0 Å². The Kier molecular flexibility index (Phi) is 6.37. The molecule has 0 heterocycles. The van der Waals surface area contributed by atoms with Gasteiger partial charge in [-0.05, 0) is 32.4 Å². The second kappa shape index (κ2) is 7.79. The molecule has 1 amide bonds. The molecule has 1 rings (SSSR count). The van der Waals surface area contributed by atoms with Crippen LogP contribution in [0.25, 0.3) is 0 Å². The first-order valence-corrected chi connectivity index (χ1v) is 6.97. The molecule has 0 saturated carbocycles. The van der Waals surface area contributed by atoms with Gasteiger partial charge < -0.3 is 19.9 Å². The van der Waals surface area contributed by atoms with Crippen molar-refractivity contribution in [2.24, 2.45) is 0 Å². The van der Waals surface area contributed by atoms with Crippen molar-refractivity contribution in [3.05, 3.63) is 29.3 Å². The number of carbonyl (C=O) groups excluding carboxylic acids is 1. The van der Waals surface area contributed by atoms with E-state index in [-0.39, 0.29) is 25.5 Å². The molecule has 122 valence electrons. The van der Waals surface area contributed by atoms with Gasteiger partial charge in [0.1, 0.15) is 5.75 Å². The van der Waals surface area contributed by atoms with E-state index in [1.54, 1.807) is 6.92 Å². The smallest absolute Gasteiger partial charge is 0.305 e. The van der Waals surface area contributed by atoms with Gasteiger partial charge in [0.25, 0.3) is 5.91 Å². The number of carboxylic acid groups (broad SMARTS) is 1. The van der Waals surface area contributed by atoms with Gasteiger partial charge in [-0.15, -0.1) is 0 Å². The van der Waals surface area contributed by atoms with Crippen molar-refractivity contribution in [3.63, 3.8) is 0 Å². The summed E-state index contributed by atoms with van der Waals surface area (Å²) in [5, 5.41) is 11.6. The highest BCUT2D eigenvalue weighted by Crippen LogP contribution is 2.18. The van der Waals surface area contributed by atoms with Gasteiger partial charge in [-0.3, -0.25) is 9.59 Å². The number of aryl methyl sites for hydroxylation is 2. The van der Waals surface area contributed by atoms with Crippen LogP contribution in [0.15, 0.2) is 18.2 Å². The first kappa shape index (κ1) is 18.0. The van der Waals surface area contributed by atoms with Crippen LogP contribution in [0, 0.1) is 13.8 Å². The molecule has 1 aromatic carbocycles. The minimum atomic E-state index is -1.00. The van der Waals surface area contributed by atoms with Gasteiger partial charge >= 0.3 is 5.97 Å². The maximum atomic E-state index is 12.0. The summed E-state index contributed by atoms with van der Waals surface area (Å²) in [5.41, 5.74) is 1.09. The quantitative estimate of drug-likeness (QED) is 0.763. The van der Waals surface area contributed by atoms with Crippen LogP contribution in [0.1, 0.15) is 24.5 Å². The fourth-order valence-electron chi connectivity index (χ4n) is 2.26. The summed E-state index contributed by atoms with van der Waals surface area (Å²) < 4.78 is 10.5. The minimum absolute atomic E-state index is 0.106. The molecule has 0 aliphatic rings. The van der Waals surface area contributed by atoms with Crippen LogP contribution in [0.5, 0.6) is 5.75 Å². The van der Waals surface area contributed by atoms with Crippen molar-refractivity contribution in [1.82, 2.24) is 5.32 Å². The average molecular weight is 309 g/mol.